The second-order valence-electron chi connectivity index (χ2n) is 2.82. The molecule has 2 aromatic rings. The molecule has 1 amide bonds. The van der Waals surface area contributed by atoms with Gasteiger partial charge >= 0.3 is 6.03 Å². The van der Waals surface area contributed by atoms with Gasteiger partial charge in [-0.05, 0) is 12.1 Å². The van der Waals surface area contributed by atoms with Crippen molar-refractivity contribution in [3.63, 3.8) is 0 Å². The van der Waals surface area contributed by atoms with Crippen molar-refractivity contribution < 1.29 is 9.53 Å². The van der Waals surface area contributed by atoms with Crippen LogP contribution in [0.1, 0.15) is 0 Å². The van der Waals surface area contributed by atoms with Crippen molar-refractivity contribution in [1.82, 2.24) is 9.78 Å². The Kier molecular flexibility index (Phi) is 1.85. The summed E-state index contributed by atoms with van der Waals surface area (Å²) in [4.78, 5) is 11.0. The summed E-state index contributed by atoms with van der Waals surface area (Å²) in [5, 5.41) is 4.71. The molecule has 1 aromatic carbocycles. The fourth-order valence-electron chi connectivity index (χ4n) is 1.30. The van der Waals surface area contributed by atoms with Gasteiger partial charge in [0.05, 0.1) is 18.8 Å². The Morgan fingerprint density at radius 2 is 2.36 bits per heavy atom. The fraction of sp³-hybridized carbons (Fsp3) is 0.111. The summed E-state index contributed by atoms with van der Waals surface area (Å²) in [5.41, 5.74) is 5.79. The lowest BCUT2D eigenvalue weighted by Crippen LogP contribution is -2.20. The number of carbonyl (C=O) groups excluding carboxylic acids is 1. The lowest BCUT2D eigenvalue weighted by atomic mass is 10.2. The minimum absolute atomic E-state index is 0.603. The molecular formula is C9H9N3O2. The molecular weight excluding hydrogens is 182 g/mol. The highest BCUT2D eigenvalue weighted by molar-refractivity contribution is 5.89. The molecule has 0 fully saturated rings. The van der Waals surface area contributed by atoms with Gasteiger partial charge in [0.15, 0.2) is 0 Å². The molecule has 0 saturated carbocycles. The Morgan fingerprint density at radius 3 is 3.00 bits per heavy atom. The van der Waals surface area contributed by atoms with E-state index in [0.29, 0.717) is 11.3 Å². The lowest BCUT2D eigenvalue weighted by Gasteiger charge is -2.00. The molecule has 14 heavy (non-hydrogen) atoms. The van der Waals surface area contributed by atoms with Crippen LogP contribution < -0.4 is 10.5 Å². The minimum atomic E-state index is -0.603. The van der Waals surface area contributed by atoms with Gasteiger partial charge in [-0.2, -0.15) is 9.78 Å². The van der Waals surface area contributed by atoms with Crippen LogP contribution in [0.5, 0.6) is 5.75 Å². The van der Waals surface area contributed by atoms with E-state index in [4.69, 9.17) is 10.5 Å². The van der Waals surface area contributed by atoms with Gasteiger partial charge in [-0.15, -0.1) is 0 Å². The molecule has 0 aliphatic carbocycles. The Hall–Kier alpha value is -2.04. The molecule has 0 bridgehead atoms. The van der Waals surface area contributed by atoms with Crippen LogP contribution >= 0.6 is 0 Å². The van der Waals surface area contributed by atoms with Gasteiger partial charge in [0, 0.05) is 11.5 Å². The van der Waals surface area contributed by atoms with Crippen molar-refractivity contribution in [3.8, 4) is 5.75 Å². The Labute approximate surface area is 80.1 Å². The van der Waals surface area contributed by atoms with Crippen molar-refractivity contribution in [2.24, 2.45) is 5.73 Å². The number of hydrogen-bond donors (Lipinski definition) is 1. The van der Waals surface area contributed by atoms with E-state index in [2.05, 4.69) is 5.10 Å². The predicted molar refractivity (Wildman–Crippen MR) is 51.3 cm³/mol. The number of methoxy groups -OCH3 is 1. The van der Waals surface area contributed by atoms with Gasteiger partial charge < -0.3 is 10.5 Å². The molecule has 2 N–H and O–H groups in total. The van der Waals surface area contributed by atoms with E-state index < -0.39 is 6.03 Å². The highest BCUT2D eigenvalue weighted by Gasteiger charge is 2.07. The van der Waals surface area contributed by atoms with E-state index in [1.807, 2.05) is 6.07 Å². The standard InChI is InChI=1S/C9H9N3O2/c1-14-7-3-2-6-5-11-12(9(10)13)8(6)4-7/h2-5H,1H3,(H2,10,13). The number of nitrogens with zero attached hydrogens (tertiary/aromatic N) is 2. The van der Waals surface area contributed by atoms with E-state index in [0.717, 1.165) is 10.1 Å². The van der Waals surface area contributed by atoms with Crippen LogP contribution in [0.25, 0.3) is 10.9 Å². The van der Waals surface area contributed by atoms with Crippen molar-refractivity contribution in [2.75, 3.05) is 7.11 Å². The summed E-state index contributed by atoms with van der Waals surface area (Å²) in [7, 11) is 1.56. The average Bonchev–Trinajstić information content (AvgIpc) is 2.59. The summed E-state index contributed by atoms with van der Waals surface area (Å²) in [6.45, 7) is 0. The molecule has 0 radical (unpaired) electrons. The molecule has 0 spiro atoms. The fourth-order valence-corrected chi connectivity index (χ4v) is 1.30. The number of benzene rings is 1. The molecule has 0 atom stereocenters. The minimum Gasteiger partial charge on any atom is -0.497 e. The first kappa shape index (κ1) is 8.55. The van der Waals surface area contributed by atoms with E-state index in [9.17, 15) is 4.79 Å². The number of hydrogen-bond acceptors (Lipinski definition) is 3. The maximum Gasteiger partial charge on any atom is 0.340 e. The van der Waals surface area contributed by atoms with E-state index >= 15 is 0 Å². The number of nitrogens with two attached hydrogens (primary N) is 1. The van der Waals surface area contributed by atoms with E-state index in [-0.39, 0.29) is 0 Å². The number of ether oxygens (including phenoxy) is 1. The first-order valence-corrected chi connectivity index (χ1v) is 4.04. The van der Waals surface area contributed by atoms with Crippen molar-refractivity contribution in [1.29, 1.82) is 0 Å². The SMILES string of the molecule is COc1ccc2cnn(C(N)=O)c2c1. The van der Waals surface area contributed by atoms with E-state index in [1.54, 1.807) is 25.4 Å². The van der Waals surface area contributed by atoms with E-state index in [1.165, 1.54) is 0 Å². The second-order valence-corrected chi connectivity index (χ2v) is 2.82. The van der Waals surface area contributed by atoms with Crippen LogP contribution in [0.3, 0.4) is 0 Å². The monoisotopic (exact) mass is 191 g/mol. The van der Waals surface area contributed by atoms with Gasteiger partial charge in [-0.25, -0.2) is 4.79 Å². The van der Waals surface area contributed by atoms with Gasteiger partial charge in [0.1, 0.15) is 5.75 Å². The number of rotatable bonds is 1. The number of aromatic nitrogens is 2. The van der Waals surface area contributed by atoms with Crippen molar-refractivity contribution in [2.45, 2.75) is 0 Å². The number of carbonyl (C=O) groups is 1. The molecule has 1 aromatic heterocycles. The molecule has 72 valence electrons. The third-order valence-corrected chi connectivity index (χ3v) is 1.99. The van der Waals surface area contributed by atoms with Crippen LogP contribution in [-0.4, -0.2) is 22.9 Å². The molecule has 0 aliphatic rings. The Bertz CT molecular complexity index is 490. The van der Waals surface area contributed by atoms with Gasteiger partial charge in [-0.3, -0.25) is 0 Å². The van der Waals surface area contributed by atoms with Crippen molar-refractivity contribution in [3.05, 3.63) is 24.4 Å². The second kappa shape index (κ2) is 3.02. The zero-order chi connectivity index (χ0) is 10.1. The van der Waals surface area contributed by atoms with Gasteiger partial charge in [0.2, 0.25) is 0 Å². The number of fused-ring (bicyclic) bond motifs is 1. The van der Waals surface area contributed by atoms with Gasteiger partial charge in [0.25, 0.3) is 0 Å². The number of amides is 1. The topological polar surface area (TPSA) is 70.1 Å². The Morgan fingerprint density at radius 1 is 1.57 bits per heavy atom. The van der Waals surface area contributed by atoms with Crippen LogP contribution in [0.15, 0.2) is 24.4 Å². The molecule has 0 unspecified atom stereocenters. The molecule has 2 rings (SSSR count). The highest BCUT2D eigenvalue weighted by atomic mass is 16.5. The maximum absolute atomic E-state index is 11.0. The summed E-state index contributed by atoms with van der Waals surface area (Å²) >= 11 is 0. The zero-order valence-electron chi connectivity index (χ0n) is 7.60. The normalized spacial score (nSPS) is 10.4. The maximum atomic E-state index is 11.0. The molecule has 5 heteroatoms. The summed E-state index contributed by atoms with van der Waals surface area (Å²) in [6, 6.07) is 4.73. The Balaban J connectivity index is 2.69. The summed E-state index contributed by atoms with van der Waals surface area (Å²) < 4.78 is 6.17. The predicted octanol–water partition coefficient (Wildman–Crippen LogP) is 0.972. The third-order valence-electron chi connectivity index (χ3n) is 1.99. The zero-order valence-corrected chi connectivity index (χ0v) is 7.60. The summed E-state index contributed by atoms with van der Waals surface area (Å²) in [6.07, 6.45) is 1.58. The third kappa shape index (κ3) is 1.19. The quantitative estimate of drug-likeness (QED) is 0.730. The highest BCUT2D eigenvalue weighted by Crippen LogP contribution is 2.19. The number of primary amides is 1. The first-order chi connectivity index (χ1) is 6.72. The largest absolute Gasteiger partial charge is 0.497 e. The van der Waals surface area contributed by atoms with Crippen LogP contribution in [0, 0.1) is 0 Å². The lowest BCUT2D eigenvalue weighted by molar-refractivity contribution is 0.248. The molecule has 1 heterocycles. The smallest absolute Gasteiger partial charge is 0.340 e. The summed E-state index contributed by atoms with van der Waals surface area (Å²) in [5.74, 6) is 0.667. The van der Waals surface area contributed by atoms with Crippen LogP contribution in [-0.2, 0) is 0 Å². The average molecular weight is 191 g/mol. The van der Waals surface area contributed by atoms with Crippen LogP contribution in [0.4, 0.5) is 4.79 Å². The van der Waals surface area contributed by atoms with Gasteiger partial charge in [-0.1, -0.05) is 0 Å². The van der Waals surface area contributed by atoms with Crippen molar-refractivity contribution >= 4 is 16.9 Å². The molecule has 0 aliphatic heterocycles. The molecule has 0 saturated heterocycles. The van der Waals surface area contributed by atoms with Crippen LogP contribution in [0.2, 0.25) is 0 Å². The molecule has 5 nitrogen and oxygen atoms in total. The first-order valence-electron chi connectivity index (χ1n) is 4.04.